The molecule has 0 aliphatic heterocycles. The zero-order valence-electron chi connectivity index (χ0n) is 11.4. The van der Waals surface area contributed by atoms with Crippen LogP contribution in [0.15, 0.2) is 0 Å². The number of nitrogens with zero attached hydrogens (tertiary/aromatic N) is 1. The number of hydrogen-bond acceptors (Lipinski definition) is 3. The average molecular weight is 275 g/mol. The van der Waals surface area contributed by atoms with Crippen LogP contribution < -0.4 is 5.73 Å². The van der Waals surface area contributed by atoms with Gasteiger partial charge in [-0.2, -0.15) is 4.31 Å². The molecule has 0 unspecified atom stereocenters. The fraction of sp³-hybridized carbons (Fsp3) is 0.917. The lowest BCUT2D eigenvalue weighted by Gasteiger charge is -2.32. The molecule has 1 aliphatic carbocycles. The summed E-state index contributed by atoms with van der Waals surface area (Å²) in [4.78, 5) is 0. The first-order valence-electron chi connectivity index (χ1n) is 6.69. The maximum absolute atomic E-state index is 12.6. The quantitative estimate of drug-likeness (QED) is 0.571. The van der Waals surface area contributed by atoms with Crippen LogP contribution in [0.25, 0.3) is 0 Å². The summed E-state index contributed by atoms with van der Waals surface area (Å²) in [7, 11) is -3.24. The maximum atomic E-state index is 12.6. The lowest BCUT2D eigenvalue weighted by molar-refractivity contribution is 0.346. The van der Waals surface area contributed by atoms with Gasteiger partial charge in [-0.3, -0.25) is 5.41 Å². The van der Waals surface area contributed by atoms with E-state index in [1.54, 1.807) is 0 Å². The van der Waals surface area contributed by atoms with E-state index in [4.69, 9.17) is 11.1 Å². The lowest BCUT2D eigenvalue weighted by Crippen LogP contribution is -2.44. The van der Waals surface area contributed by atoms with Gasteiger partial charge in [0.05, 0.1) is 11.1 Å². The normalized spacial score (nSPS) is 18.4. The van der Waals surface area contributed by atoms with Crippen LogP contribution in [0.4, 0.5) is 0 Å². The van der Waals surface area contributed by atoms with E-state index in [9.17, 15) is 8.42 Å². The molecule has 0 radical (unpaired) electrons. The first kappa shape index (κ1) is 15.4. The molecule has 0 saturated heterocycles. The Labute approximate surface area is 110 Å². The average Bonchev–Trinajstić information content (AvgIpc) is 2.29. The molecule has 18 heavy (non-hydrogen) atoms. The summed E-state index contributed by atoms with van der Waals surface area (Å²) in [6.45, 7) is 4.08. The molecule has 1 saturated carbocycles. The lowest BCUT2D eigenvalue weighted by atomic mass is 10.0. The van der Waals surface area contributed by atoms with Crippen LogP contribution in [-0.4, -0.2) is 36.4 Å². The van der Waals surface area contributed by atoms with Crippen LogP contribution in [-0.2, 0) is 10.0 Å². The van der Waals surface area contributed by atoms with Crippen LogP contribution >= 0.6 is 0 Å². The standard InChI is InChI=1S/C12H25N3O2S/c1-10(2)15(9-8-12(13)14)18(16,17)11-6-4-3-5-7-11/h10-11H,3-9H2,1-2H3,(H3,13,14). The van der Waals surface area contributed by atoms with Crippen LogP contribution in [0, 0.1) is 5.41 Å². The number of nitrogens with two attached hydrogens (primary N) is 1. The van der Waals surface area contributed by atoms with Crippen molar-refractivity contribution in [3.05, 3.63) is 0 Å². The predicted octanol–water partition coefficient (Wildman–Crippen LogP) is 1.69. The summed E-state index contributed by atoms with van der Waals surface area (Å²) < 4.78 is 26.6. The van der Waals surface area contributed by atoms with Crippen LogP contribution in [0.3, 0.4) is 0 Å². The van der Waals surface area contributed by atoms with E-state index in [2.05, 4.69) is 0 Å². The predicted molar refractivity (Wildman–Crippen MR) is 74.2 cm³/mol. The molecule has 3 N–H and O–H groups in total. The van der Waals surface area contributed by atoms with Crippen molar-refractivity contribution in [3.8, 4) is 0 Å². The Hall–Kier alpha value is -0.620. The van der Waals surface area contributed by atoms with Crippen molar-refractivity contribution < 1.29 is 8.42 Å². The minimum Gasteiger partial charge on any atom is -0.388 e. The summed E-state index contributed by atoms with van der Waals surface area (Å²) in [6.07, 6.45) is 4.99. The molecule has 6 heteroatoms. The van der Waals surface area contributed by atoms with E-state index >= 15 is 0 Å². The van der Waals surface area contributed by atoms with Gasteiger partial charge in [-0.25, -0.2) is 8.42 Å². The molecule has 0 aromatic rings. The Kier molecular flexibility index (Phi) is 5.59. The van der Waals surface area contributed by atoms with E-state index < -0.39 is 10.0 Å². The summed E-state index contributed by atoms with van der Waals surface area (Å²) in [5.74, 6) is 0.0412. The van der Waals surface area contributed by atoms with Gasteiger partial charge in [0.1, 0.15) is 0 Å². The number of hydrogen-bond donors (Lipinski definition) is 2. The molecular formula is C12H25N3O2S. The van der Waals surface area contributed by atoms with Crippen molar-refractivity contribution in [2.75, 3.05) is 6.54 Å². The highest BCUT2D eigenvalue weighted by Gasteiger charge is 2.34. The zero-order valence-corrected chi connectivity index (χ0v) is 12.2. The first-order chi connectivity index (χ1) is 8.35. The zero-order chi connectivity index (χ0) is 13.8. The van der Waals surface area contributed by atoms with Gasteiger partial charge in [0.15, 0.2) is 0 Å². The van der Waals surface area contributed by atoms with Gasteiger partial charge in [0, 0.05) is 19.0 Å². The topological polar surface area (TPSA) is 87.2 Å². The van der Waals surface area contributed by atoms with Crippen molar-refractivity contribution in [3.63, 3.8) is 0 Å². The third-order valence-electron chi connectivity index (χ3n) is 3.48. The van der Waals surface area contributed by atoms with Gasteiger partial charge < -0.3 is 5.73 Å². The summed E-state index contributed by atoms with van der Waals surface area (Å²) in [6, 6.07) is -0.0729. The minimum absolute atomic E-state index is 0.0412. The van der Waals surface area contributed by atoms with E-state index in [0.717, 1.165) is 32.1 Å². The monoisotopic (exact) mass is 275 g/mol. The second-order valence-corrected chi connectivity index (χ2v) is 7.45. The van der Waals surface area contributed by atoms with E-state index in [0.29, 0.717) is 13.0 Å². The molecule has 1 fully saturated rings. The van der Waals surface area contributed by atoms with Crippen molar-refractivity contribution in [2.45, 2.75) is 63.7 Å². The molecule has 0 amide bonds. The molecule has 0 bridgehead atoms. The molecule has 0 heterocycles. The van der Waals surface area contributed by atoms with E-state index in [1.165, 1.54) is 4.31 Å². The third-order valence-corrected chi connectivity index (χ3v) is 6.05. The van der Waals surface area contributed by atoms with E-state index in [1.807, 2.05) is 13.8 Å². The number of rotatable bonds is 6. The Morgan fingerprint density at radius 3 is 2.33 bits per heavy atom. The van der Waals surface area contributed by atoms with Gasteiger partial charge in [0.25, 0.3) is 0 Å². The van der Waals surface area contributed by atoms with Crippen molar-refractivity contribution in [2.24, 2.45) is 5.73 Å². The SMILES string of the molecule is CC(C)N(CCC(=N)N)S(=O)(=O)C1CCCCC1. The molecule has 1 rings (SSSR count). The molecule has 0 aromatic carbocycles. The van der Waals surface area contributed by atoms with Crippen molar-refractivity contribution in [1.82, 2.24) is 4.31 Å². The highest BCUT2D eigenvalue weighted by atomic mass is 32.2. The smallest absolute Gasteiger partial charge is 0.217 e. The largest absolute Gasteiger partial charge is 0.388 e. The van der Waals surface area contributed by atoms with Crippen LogP contribution in [0.2, 0.25) is 0 Å². The summed E-state index contributed by atoms with van der Waals surface area (Å²) in [5, 5.41) is 7.00. The van der Waals surface area contributed by atoms with Gasteiger partial charge in [0.2, 0.25) is 10.0 Å². The van der Waals surface area contributed by atoms with Gasteiger partial charge in [-0.15, -0.1) is 0 Å². The second kappa shape index (κ2) is 6.52. The second-order valence-electron chi connectivity index (χ2n) is 5.28. The first-order valence-corrected chi connectivity index (χ1v) is 8.19. The fourth-order valence-electron chi connectivity index (χ4n) is 2.46. The maximum Gasteiger partial charge on any atom is 0.217 e. The van der Waals surface area contributed by atoms with Gasteiger partial charge in [-0.05, 0) is 26.7 Å². The Bertz CT molecular complexity index is 373. The number of sulfonamides is 1. The number of amidine groups is 1. The van der Waals surface area contributed by atoms with Crippen LogP contribution in [0.5, 0.6) is 0 Å². The molecule has 0 spiro atoms. The van der Waals surface area contributed by atoms with E-state index in [-0.39, 0.29) is 17.1 Å². The Morgan fingerprint density at radius 2 is 1.89 bits per heavy atom. The van der Waals surface area contributed by atoms with Gasteiger partial charge >= 0.3 is 0 Å². The van der Waals surface area contributed by atoms with Gasteiger partial charge in [-0.1, -0.05) is 19.3 Å². The highest BCUT2D eigenvalue weighted by molar-refractivity contribution is 7.89. The molecule has 106 valence electrons. The summed E-state index contributed by atoms with van der Waals surface area (Å²) in [5.41, 5.74) is 5.32. The van der Waals surface area contributed by atoms with Crippen molar-refractivity contribution in [1.29, 1.82) is 5.41 Å². The van der Waals surface area contributed by atoms with Crippen molar-refractivity contribution >= 4 is 15.9 Å². The molecule has 1 aliphatic rings. The Balaban J connectivity index is 2.78. The summed E-state index contributed by atoms with van der Waals surface area (Å²) >= 11 is 0. The Morgan fingerprint density at radius 1 is 1.33 bits per heavy atom. The number of nitrogens with one attached hydrogen (secondary N) is 1. The minimum atomic E-state index is -3.24. The third kappa shape index (κ3) is 3.95. The molecule has 5 nitrogen and oxygen atoms in total. The molecule has 0 atom stereocenters. The highest BCUT2D eigenvalue weighted by Crippen LogP contribution is 2.27. The van der Waals surface area contributed by atoms with Crippen LogP contribution in [0.1, 0.15) is 52.4 Å². The molecular weight excluding hydrogens is 250 g/mol. The fourth-order valence-corrected chi connectivity index (χ4v) is 4.71. The molecule has 0 aromatic heterocycles.